The first-order valence-corrected chi connectivity index (χ1v) is 9.24. The molecule has 0 aliphatic carbocycles. The van der Waals surface area contributed by atoms with Crippen LogP contribution in [-0.4, -0.2) is 57.7 Å². The fourth-order valence-electron chi connectivity index (χ4n) is 2.38. The standard InChI is InChI=1S/C15H21ClN2O4S/c1-10-6-11(4-5-13(10)16)15(19)17-14-8-22-7-12(14)9-23(20,21)18(2)3/h4-6,12,14H,7-9H2,1-3H3,(H,17,19)/t12-,14+/m0/s1. The molecule has 2 rings (SSSR count). The smallest absolute Gasteiger partial charge is 0.251 e. The number of halogens is 1. The van der Waals surface area contributed by atoms with Crippen molar-refractivity contribution in [1.29, 1.82) is 0 Å². The maximum absolute atomic E-state index is 12.3. The molecular formula is C15H21ClN2O4S. The Hall–Kier alpha value is -1.15. The van der Waals surface area contributed by atoms with E-state index in [-0.39, 0.29) is 23.6 Å². The summed E-state index contributed by atoms with van der Waals surface area (Å²) in [5.74, 6) is -0.572. The van der Waals surface area contributed by atoms with E-state index in [0.717, 1.165) is 5.56 Å². The topological polar surface area (TPSA) is 75.7 Å². The highest BCUT2D eigenvalue weighted by Gasteiger charge is 2.34. The Morgan fingerprint density at radius 3 is 2.70 bits per heavy atom. The Kier molecular flexibility index (Phi) is 5.67. The van der Waals surface area contributed by atoms with E-state index in [4.69, 9.17) is 16.3 Å². The highest BCUT2D eigenvalue weighted by molar-refractivity contribution is 7.89. The van der Waals surface area contributed by atoms with Crippen LogP contribution in [-0.2, 0) is 14.8 Å². The molecule has 23 heavy (non-hydrogen) atoms. The minimum atomic E-state index is -3.34. The van der Waals surface area contributed by atoms with Gasteiger partial charge in [-0.25, -0.2) is 12.7 Å². The SMILES string of the molecule is Cc1cc(C(=O)N[C@@H]2COC[C@H]2CS(=O)(=O)N(C)C)ccc1Cl. The first-order valence-electron chi connectivity index (χ1n) is 7.25. The highest BCUT2D eigenvalue weighted by atomic mass is 35.5. The molecule has 0 radical (unpaired) electrons. The molecule has 1 heterocycles. The van der Waals surface area contributed by atoms with Crippen LogP contribution in [0.25, 0.3) is 0 Å². The Labute approximate surface area is 141 Å². The number of ether oxygens (including phenoxy) is 1. The van der Waals surface area contributed by atoms with E-state index < -0.39 is 10.0 Å². The molecule has 1 fully saturated rings. The first kappa shape index (κ1) is 18.2. The molecule has 8 heteroatoms. The number of aryl methyl sites for hydroxylation is 1. The largest absolute Gasteiger partial charge is 0.379 e. The fraction of sp³-hybridized carbons (Fsp3) is 0.533. The van der Waals surface area contributed by atoms with Crippen LogP contribution in [0.1, 0.15) is 15.9 Å². The molecule has 0 spiro atoms. The number of nitrogens with zero attached hydrogens (tertiary/aromatic N) is 1. The second-order valence-electron chi connectivity index (χ2n) is 5.90. The second kappa shape index (κ2) is 7.17. The van der Waals surface area contributed by atoms with Crippen molar-refractivity contribution in [3.63, 3.8) is 0 Å². The van der Waals surface area contributed by atoms with Gasteiger partial charge < -0.3 is 10.1 Å². The van der Waals surface area contributed by atoms with Gasteiger partial charge in [0.15, 0.2) is 0 Å². The predicted octanol–water partition coefficient (Wildman–Crippen LogP) is 1.28. The van der Waals surface area contributed by atoms with Gasteiger partial charge in [-0.1, -0.05) is 11.6 Å². The summed E-state index contributed by atoms with van der Waals surface area (Å²) in [6, 6.07) is 4.70. The zero-order valence-electron chi connectivity index (χ0n) is 13.4. The van der Waals surface area contributed by atoms with Crippen LogP contribution in [0, 0.1) is 12.8 Å². The van der Waals surface area contributed by atoms with Crippen LogP contribution in [0.15, 0.2) is 18.2 Å². The van der Waals surface area contributed by atoms with Crippen molar-refractivity contribution in [3.05, 3.63) is 34.3 Å². The van der Waals surface area contributed by atoms with Crippen molar-refractivity contribution < 1.29 is 17.9 Å². The molecule has 0 saturated carbocycles. The van der Waals surface area contributed by atoms with E-state index in [0.29, 0.717) is 23.8 Å². The van der Waals surface area contributed by atoms with E-state index in [2.05, 4.69) is 5.32 Å². The van der Waals surface area contributed by atoms with Crippen molar-refractivity contribution in [2.75, 3.05) is 33.1 Å². The minimum Gasteiger partial charge on any atom is -0.379 e. The van der Waals surface area contributed by atoms with E-state index >= 15 is 0 Å². The second-order valence-corrected chi connectivity index (χ2v) is 8.54. The minimum absolute atomic E-state index is 0.0510. The Morgan fingerprint density at radius 1 is 1.39 bits per heavy atom. The van der Waals surface area contributed by atoms with Crippen LogP contribution in [0.3, 0.4) is 0 Å². The van der Waals surface area contributed by atoms with E-state index in [9.17, 15) is 13.2 Å². The third-order valence-electron chi connectivity index (χ3n) is 3.92. The lowest BCUT2D eigenvalue weighted by molar-refractivity contribution is 0.0926. The Morgan fingerprint density at radius 2 is 2.09 bits per heavy atom. The molecule has 1 amide bonds. The first-order chi connectivity index (χ1) is 10.7. The molecule has 2 atom stereocenters. The van der Waals surface area contributed by atoms with Gasteiger partial charge in [0.2, 0.25) is 10.0 Å². The number of amides is 1. The summed E-state index contributed by atoms with van der Waals surface area (Å²) in [4.78, 5) is 12.3. The molecule has 1 saturated heterocycles. The quantitative estimate of drug-likeness (QED) is 0.858. The molecule has 1 N–H and O–H groups in total. The van der Waals surface area contributed by atoms with E-state index in [1.807, 2.05) is 6.92 Å². The number of benzene rings is 1. The molecule has 0 aromatic heterocycles. The summed E-state index contributed by atoms with van der Waals surface area (Å²) in [6.07, 6.45) is 0. The average Bonchev–Trinajstić information content (AvgIpc) is 2.88. The van der Waals surface area contributed by atoms with Gasteiger partial charge in [-0.05, 0) is 30.7 Å². The van der Waals surface area contributed by atoms with Gasteiger partial charge >= 0.3 is 0 Å². The number of carbonyl (C=O) groups is 1. The monoisotopic (exact) mass is 360 g/mol. The lowest BCUT2D eigenvalue weighted by Crippen LogP contribution is -2.43. The molecule has 128 valence electrons. The highest BCUT2D eigenvalue weighted by Crippen LogP contribution is 2.19. The zero-order valence-corrected chi connectivity index (χ0v) is 14.9. The summed E-state index contributed by atoms with van der Waals surface area (Å²) >= 11 is 5.96. The Balaban J connectivity index is 2.06. The van der Waals surface area contributed by atoms with Gasteiger partial charge in [0.05, 0.1) is 25.0 Å². The van der Waals surface area contributed by atoms with Gasteiger partial charge in [-0.15, -0.1) is 0 Å². The molecule has 1 aromatic carbocycles. The lowest BCUT2D eigenvalue weighted by atomic mass is 10.1. The summed E-state index contributed by atoms with van der Waals surface area (Å²) in [6.45, 7) is 2.45. The number of nitrogens with one attached hydrogen (secondary N) is 1. The lowest BCUT2D eigenvalue weighted by Gasteiger charge is -2.21. The van der Waals surface area contributed by atoms with Crippen molar-refractivity contribution in [3.8, 4) is 0 Å². The van der Waals surface area contributed by atoms with Gasteiger partial charge in [-0.2, -0.15) is 0 Å². The van der Waals surface area contributed by atoms with Gasteiger partial charge in [0, 0.05) is 30.6 Å². The van der Waals surface area contributed by atoms with Crippen LogP contribution in [0.5, 0.6) is 0 Å². The molecule has 1 aliphatic heterocycles. The van der Waals surface area contributed by atoms with Crippen LogP contribution >= 0.6 is 11.6 Å². The van der Waals surface area contributed by atoms with Gasteiger partial charge in [0.1, 0.15) is 0 Å². The van der Waals surface area contributed by atoms with Crippen LogP contribution in [0.2, 0.25) is 5.02 Å². The van der Waals surface area contributed by atoms with E-state index in [1.54, 1.807) is 18.2 Å². The van der Waals surface area contributed by atoms with Gasteiger partial charge in [0.25, 0.3) is 5.91 Å². The van der Waals surface area contributed by atoms with Crippen molar-refractivity contribution in [2.45, 2.75) is 13.0 Å². The number of hydrogen-bond donors (Lipinski definition) is 1. The maximum Gasteiger partial charge on any atom is 0.251 e. The van der Waals surface area contributed by atoms with Gasteiger partial charge in [-0.3, -0.25) is 4.79 Å². The zero-order chi connectivity index (χ0) is 17.2. The number of rotatable bonds is 5. The summed E-state index contributed by atoms with van der Waals surface area (Å²) in [5, 5.41) is 3.46. The number of hydrogen-bond acceptors (Lipinski definition) is 4. The molecule has 1 aliphatic rings. The van der Waals surface area contributed by atoms with Crippen molar-refractivity contribution in [2.24, 2.45) is 5.92 Å². The van der Waals surface area contributed by atoms with Crippen LogP contribution in [0.4, 0.5) is 0 Å². The maximum atomic E-state index is 12.3. The third kappa shape index (κ3) is 4.44. The van der Waals surface area contributed by atoms with Crippen molar-refractivity contribution in [1.82, 2.24) is 9.62 Å². The number of sulfonamides is 1. The normalized spacial score (nSPS) is 21.6. The van der Waals surface area contributed by atoms with E-state index in [1.165, 1.54) is 18.4 Å². The molecule has 1 aromatic rings. The number of carbonyl (C=O) groups excluding carboxylic acids is 1. The Bertz CT molecular complexity index is 691. The summed E-state index contributed by atoms with van der Waals surface area (Å²) in [5.41, 5.74) is 1.31. The summed E-state index contributed by atoms with van der Waals surface area (Å²) in [7, 11) is -0.352. The predicted molar refractivity (Wildman–Crippen MR) is 89.2 cm³/mol. The molecular weight excluding hydrogens is 340 g/mol. The van der Waals surface area contributed by atoms with Crippen LogP contribution < -0.4 is 5.32 Å². The molecule has 6 nitrogen and oxygen atoms in total. The third-order valence-corrected chi connectivity index (χ3v) is 6.30. The fourth-order valence-corrected chi connectivity index (χ4v) is 3.66. The average molecular weight is 361 g/mol. The molecule has 0 unspecified atom stereocenters. The summed E-state index contributed by atoms with van der Waals surface area (Å²) < 4.78 is 30.6. The molecule has 0 bridgehead atoms. The van der Waals surface area contributed by atoms with Crippen molar-refractivity contribution >= 4 is 27.5 Å².